The predicted molar refractivity (Wildman–Crippen MR) is 151 cm³/mol. The Bertz CT molecular complexity index is 1570. The van der Waals surface area contributed by atoms with Crippen molar-refractivity contribution in [2.24, 2.45) is 0 Å². The maximum atomic E-state index is 13.1. The summed E-state index contributed by atoms with van der Waals surface area (Å²) in [6.45, 7) is 2.05. The van der Waals surface area contributed by atoms with E-state index < -0.39 is 10.8 Å². The number of aromatic amines is 1. The molecule has 38 heavy (non-hydrogen) atoms. The van der Waals surface area contributed by atoms with E-state index >= 15 is 0 Å². The van der Waals surface area contributed by atoms with Crippen molar-refractivity contribution in [3.05, 3.63) is 106 Å². The van der Waals surface area contributed by atoms with Crippen LogP contribution in [0.2, 0.25) is 10.0 Å². The zero-order chi connectivity index (χ0) is 26.6. The normalized spacial score (nSPS) is 12.8. The van der Waals surface area contributed by atoms with Gasteiger partial charge in [0.15, 0.2) is 0 Å². The zero-order valence-electron chi connectivity index (χ0n) is 20.8. The molecule has 5 aromatic rings. The molecule has 0 saturated heterocycles. The minimum atomic E-state index is -1.35. The number of methoxy groups -OCH3 is 1. The number of aromatic nitrogens is 5. The van der Waals surface area contributed by atoms with Crippen molar-refractivity contribution >= 4 is 34.0 Å². The van der Waals surface area contributed by atoms with E-state index in [1.807, 2.05) is 53.2 Å². The third-order valence-corrected chi connectivity index (χ3v) is 8.29. The van der Waals surface area contributed by atoms with Gasteiger partial charge in [-0.05, 0) is 61.4 Å². The van der Waals surface area contributed by atoms with Crippen LogP contribution in [0, 0.1) is 6.92 Å². The number of halogens is 2. The number of aryl methyl sites for hydroxylation is 1. The topological polar surface area (TPSA) is 85.7 Å². The lowest BCUT2D eigenvalue weighted by Crippen LogP contribution is -2.14. The fourth-order valence-electron chi connectivity index (χ4n) is 4.33. The van der Waals surface area contributed by atoms with Crippen molar-refractivity contribution in [3.8, 4) is 22.7 Å². The zero-order valence-corrected chi connectivity index (χ0v) is 23.1. The first-order valence-corrected chi connectivity index (χ1v) is 14.0. The van der Waals surface area contributed by atoms with Gasteiger partial charge in [0.2, 0.25) is 5.16 Å². The van der Waals surface area contributed by atoms with Gasteiger partial charge in [0.05, 0.1) is 45.0 Å². The van der Waals surface area contributed by atoms with Gasteiger partial charge in [0.1, 0.15) is 12.1 Å². The molecule has 3 aromatic carbocycles. The first-order valence-electron chi connectivity index (χ1n) is 11.9. The monoisotopic (exact) mass is 565 g/mol. The molecule has 194 valence electrons. The van der Waals surface area contributed by atoms with Crippen LogP contribution in [0.4, 0.5) is 0 Å². The fraction of sp³-hybridized carbons (Fsp3) is 0.179. The van der Waals surface area contributed by atoms with Gasteiger partial charge in [-0.1, -0.05) is 59.1 Å². The van der Waals surface area contributed by atoms with E-state index in [2.05, 4.69) is 40.3 Å². The molecule has 2 aromatic heterocycles. The van der Waals surface area contributed by atoms with Gasteiger partial charge in [0, 0.05) is 17.2 Å². The summed E-state index contributed by atoms with van der Waals surface area (Å²) in [6.07, 6.45) is 1.94. The van der Waals surface area contributed by atoms with Gasteiger partial charge in [-0.15, -0.1) is 0 Å². The average molecular weight is 567 g/mol. The molecule has 0 aliphatic heterocycles. The molecule has 0 fully saturated rings. The molecule has 2 heterocycles. The van der Waals surface area contributed by atoms with Gasteiger partial charge in [-0.3, -0.25) is 9.31 Å². The van der Waals surface area contributed by atoms with Gasteiger partial charge < -0.3 is 4.74 Å². The van der Waals surface area contributed by atoms with Crippen LogP contribution >= 0.6 is 23.2 Å². The first-order chi connectivity index (χ1) is 18.4. The lowest BCUT2D eigenvalue weighted by Gasteiger charge is -2.16. The second-order valence-electron chi connectivity index (χ2n) is 8.88. The number of rotatable bonds is 9. The van der Waals surface area contributed by atoms with E-state index in [1.54, 1.807) is 13.2 Å². The molecule has 7 nitrogen and oxygen atoms in total. The Morgan fingerprint density at radius 2 is 1.84 bits per heavy atom. The SMILES string of the molecule is COc1ccc(-n2nc(CC(CS(=O)c3ncn[nH]3)c3cccc(C)c3)cc2-c2ccc(Cl)c(Cl)c2)cc1. The van der Waals surface area contributed by atoms with E-state index in [4.69, 9.17) is 33.0 Å². The van der Waals surface area contributed by atoms with Crippen molar-refractivity contribution in [1.29, 1.82) is 0 Å². The van der Waals surface area contributed by atoms with Crippen LogP contribution in [-0.2, 0) is 17.2 Å². The molecule has 0 saturated carbocycles. The van der Waals surface area contributed by atoms with Crippen molar-refractivity contribution in [2.45, 2.75) is 24.4 Å². The summed E-state index contributed by atoms with van der Waals surface area (Å²) in [5, 5.41) is 12.9. The maximum Gasteiger partial charge on any atom is 0.214 e. The Morgan fingerprint density at radius 1 is 1.03 bits per heavy atom. The Morgan fingerprint density at radius 3 is 2.53 bits per heavy atom. The van der Waals surface area contributed by atoms with E-state index in [0.29, 0.717) is 27.4 Å². The molecular weight excluding hydrogens is 541 g/mol. The molecule has 0 spiro atoms. The molecule has 0 aliphatic carbocycles. The standard InChI is InChI=1S/C28H25Cl2N5O2S/c1-18-4-3-5-19(12-18)21(16-38(36)28-31-17-32-33-28)13-22-15-27(20-6-11-25(29)26(30)14-20)35(34-22)23-7-9-24(37-2)10-8-23/h3-12,14-15,17,21H,13,16H2,1-2H3,(H,31,32,33). The number of nitrogens with one attached hydrogen (secondary N) is 1. The summed E-state index contributed by atoms with van der Waals surface area (Å²) in [4.78, 5) is 4.09. The van der Waals surface area contributed by atoms with Gasteiger partial charge >= 0.3 is 0 Å². The van der Waals surface area contributed by atoms with Crippen molar-refractivity contribution in [1.82, 2.24) is 25.0 Å². The summed E-state index contributed by atoms with van der Waals surface area (Å²) >= 11 is 12.6. The number of hydrogen-bond acceptors (Lipinski definition) is 5. The van der Waals surface area contributed by atoms with Crippen LogP contribution in [0.3, 0.4) is 0 Å². The van der Waals surface area contributed by atoms with Gasteiger partial charge in [-0.2, -0.15) is 10.2 Å². The van der Waals surface area contributed by atoms with Crippen LogP contribution in [0.5, 0.6) is 5.75 Å². The van der Waals surface area contributed by atoms with Crippen molar-refractivity contribution < 1.29 is 8.95 Å². The van der Waals surface area contributed by atoms with E-state index in [9.17, 15) is 4.21 Å². The van der Waals surface area contributed by atoms with Crippen LogP contribution in [0.25, 0.3) is 16.9 Å². The first kappa shape index (κ1) is 26.2. The summed E-state index contributed by atoms with van der Waals surface area (Å²) in [7, 11) is 0.282. The van der Waals surface area contributed by atoms with E-state index in [0.717, 1.165) is 39.5 Å². The molecule has 10 heteroatoms. The van der Waals surface area contributed by atoms with Gasteiger partial charge in [-0.25, -0.2) is 9.67 Å². The molecule has 0 radical (unpaired) electrons. The quantitative estimate of drug-likeness (QED) is 0.223. The molecule has 0 bridgehead atoms. The number of hydrogen-bond donors (Lipinski definition) is 1. The van der Waals surface area contributed by atoms with E-state index in [1.165, 1.54) is 6.33 Å². The summed E-state index contributed by atoms with van der Waals surface area (Å²) < 4.78 is 20.3. The Kier molecular flexibility index (Phi) is 7.93. The fourth-order valence-corrected chi connectivity index (χ4v) is 5.78. The summed E-state index contributed by atoms with van der Waals surface area (Å²) in [6, 6.07) is 23.5. The largest absolute Gasteiger partial charge is 0.497 e. The van der Waals surface area contributed by atoms with Crippen LogP contribution in [-0.4, -0.2) is 42.0 Å². The Labute approximate surface area is 233 Å². The average Bonchev–Trinajstić information content (AvgIpc) is 3.61. The molecule has 2 atom stereocenters. The molecule has 0 amide bonds. The number of H-pyrrole nitrogens is 1. The second kappa shape index (κ2) is 11.5. The maximum absolute atomic E-state index is 13.1. The second-order valence-corrected chi connectivity index (χ2v) is 11.1. The van der Waals surface area contributed by atoms with Crippen LogP contribution in [0.1, 0.15) is 22.7 Å². The lowest BCUT2D eigenvalue weighted by molar-refractivity contribution is 0.414. The molecule has 0 aliphatic rings. The Balaban J connectivity index is 1.55. The predicted octanol–water partition coefficient (Wildman–Crippen LogP) is 6.42. The highest BCUT2D eigenvalue weighted by Gasteiger charge is 2.22. The Hall–Kier alpha value is -3.46. The molecule has 1 N–H and O–H groups in total. The van der Waals surface area contributed by atoms with Gasteiger partial charge in [0.25, 0.3) is 0 Å². The number of benzene rings is 3. The summed E-state index contributed by atoms with van der Waals surface area (Å²) in [5.74, 6) is 1.06. The van der Waals surface area contributed by atoms with Crippen molar-refractivity contribution in [3.63, 3.8) is 0 Å². The lowest BCUT2D eigenvalue weighted by atomic mass is 9.94. The number of nitrogens with zero attached hydrogens (tertiary/aromatic N) is 4. The summed E-state index contributed by atoms with van der Waals surface area (Å²) in [5.41, 5.74) is 5.69. The number of ether oxygens (including phenoxy) is 1. The van der Waals surface area contributed by atoms with Crippen molar-refractivity contribution in [2.75, 3.05) is 12.9 Å². The van der Waals surface area contributed by atoms with Crippen LogP contribution in [0.15, 0.2) is 84.3 Å². The smallest absolute Gasteiger partial charge is 0.214 e. The molecular formula is C28H25Cl2N5O2S. The minimum absolute atomic E-state index is 0.0679. The highest BCUT2D eigenvalue weighted by atomic mass is 35.5. The van der Waals surface area contributed by atoms with Crippen LogP contribution < -0.4 is 4.74 Å². The highest BCUT2D eigenvalue weighted by Crippen LogP contribution is 2.32. The third-order valence-electron chi connectivity index (χ3n) is 6.22. The molecule has 2 unspecified atom stereocenters. The third kappa shape index (κ3) is 5.83. The van der Waals surface area contributed by atoms with E-state index in [-0.39, 0.29) is 5.92 Å². The minimum Gasteiger partial charge on any atom is -0.497 e. The highest BCUT2D eigenvalue weighted by molar-refractivity contribution is 7.84. The molecule has 5 rings (SSSR count).